The van der Waals surface area contributed by atoms with E-state index in [1.54, 1.807) is 0 Å². The van der Waals surface area contributed by atoms with Crippen molar-refractivity contribution in [3.05, 3.63) is 35.9 Å². The number of rotatable bonds is 6. The Labute approximate surface area is 194 Å². The van der Waals surface area contributed by atoms with Crippen LogP contribution in [0.15, 0.2) is 35.3 Å². The molecule has 2 aliphatic rings. The summed E-state index contributed by atoms with van der Waals surface area (Å²) in [5.41, 5.74) is 1.52. The van der Waals surface area contributed by atoms with Gasteiger partial charge in [-0.15, -0.1) is 24.0 Å². The van der Waals surface area contributed by atoms with E-state index in [2.05, 4.69) is 71.7 Å². The Kier molecular flexibility index (Phi) is 10.2. The molecule has 2 heterocycles. The first-order valence-corrected chi connectivity index (χ1v) is 11.2. The van der Waals surface area contributed by atoms with Gasteiger partial charge in [0.2, 0.25) is 0 Å². The predicted molar refractivity (Wildman–Crippen MR) is 134 cm³/mol. The van der Waals surface area contributed by atoms with Crippen LogP contribution in [0.5, 0.6) is 0 Å². The zero-order valence-corrected chi connectivity index (χ0v) is 20.8. The minimum atomic E-state index is 0. The average Bonchev–Trinajstić information content (AvgIpc) is 2.75. The van der Waals surface area contributed by atoms with Crippen LogP contribution in [-0.2, 0) is 0 Å². The number of nitrogens with zero attached hydrogens (tertiary/aromatic N) is 3. The van der Waals surface area contributed by atoms with E-state index in [9.17, 15) is 0 Å². The molecule has 2 fully saturated rings. The lowest BCUT2D eigenvalue weighted by atomic mass is 9.84. The van der Waals surface area contributed by atoms with E-state index in [-0.39, 0.29) is 35.6 Å². The van der Waals surface area contributed by atoms with Crippen molar-refractivity contribution in [2.75, 3.05) is 46.3 Å². The molecule has 0 saturated carbocycles. The number of halogens is 1. The van der Waals surface area contributed by atoms with Crippen LogP contribution in [0.4, 0.5) is 0 Å². The lowest BCUT2D eigenvalue weighted by molar-refractivity contribution is 0.0208. The highest BCUT2D eigenvalue weighted by molar-refractivity contribution is 14.0. The number of nitrogens with one attached hydrogen (secondary N) is 2. The molecule has 6 heteroatoms. The molecule has 0 amide bonds. The van der Waals surface area contributed by atoms with E-state index in [4.69, 9.17) is 4.99 Å². The Morgan fingerprint density at radius 2 is 1.72 bits per heavy atom. The van der Waals surface area contributed by atoms with Crippen molar-refractivity contribution in [1.29, 1.82) is 0 Å². The third-order valence-corrected chi connectivity index (χ3v) is 6.47. The maximum Gasteiger partial charge on any atom is 0.191 e. The van der Waals surface area contributed by atoms with Gasteiger partial charge in [0.05, 0.1) is 12.6 Å². The molecule has 1 unspecified atom stereocenters. The highest BCUT2D eigenvalue weighted by Crippen LogP contribution is 2.31. The molecule has 29 heavy (non-hydrogen) atoms. The molecular formula is C23H40IN5. The van der Waals surface area contributed by atoms with Crippen molar-refractivity contribution in [2.24, 2.45) is 4.99 Å². The highest BCUT2D eigenvalue weighted by Gasteiger charge is 2.39. The van der Waals surface area contributed by atoms with Crippen LogP contribution >= 0.6 is 24.0 Å². The summed E-state index contributed by atoms with van der Waals surface area (Å²) in [5, 5.41) is 7.07. The lowest BCUT2D eigenvalue weighted by Crippen LogP contribution is -2.58. The fraction of sp³-hybridized carbons (Fsp3) is 0.696. The van der Waals surface area contributed by atoms with Crippen LogP contribution < -0.4 is 10.6 Å². The number of piperidine rings is 2. The zero-order chi connectivity index (χ0) is 19.8. The Hall–Kier alpha value is -0.860. The second kappa shape index (κ2) is 12.1. The quantitative estimate of drug-likeness (QED) is 0.345. The van der Waals surface area contributed by atoms with Crippen LogP contribution in [0.2, 0.25) is 0 Å². The molecule has 0 radical (unpaired) electrons. The van der Waals surface area contributed by atoms with E-state index in [1.165, 1.54) is 63.8 Å². The highest BCUT2D eigenvalue weighted by atomic mass is 127. The molecule has 1 atom stereocenters. The van der Waals surface area contributed by atoms with Gasteiger partial charge in [-0.3, -0.25) is 9.89 Å². The molecule has 0 aromatic heterocycles. The summed E-state index contributed by atoms with van der Waals surface area (Å²) in [6, 6.07) is 10.9. The van der Waals surface area contributed by atoms with E-state index in [1.807, 2.05) is 0 Å². The minimum absolute atomic E-state index is 0. The minimum Gasteiger partial charge on any atom is -0.357 e. The predicted octanol–water partition coefficient (Wildman–Crippen LogP) is 3.87. The van der Waals surface area contributed by atoms with Crippen LogP contribution in [0.3, 0.4) is 0 Å². The first kappa shape index (κ1) is 24.4. The topological polar surface area (TPSA) is 42.9 Å². The van der Waals surface area contributed by atoms with Gasteiger partial charge in [0, 0.05) is 12.1 Å². The SMILES string of the molecule is CCNC(=NCC1(N2CCCCC2)CCN(C)CC1)NC(C)c1ccccc1.I. The molecule has 0 aliphatic carbocycles. The van der Waals surface area contributed by atoms with Gasteiger partial charge in [0.1, 0.15) is 0 Å². The van der Waals surface area contributed by atoms with Gasteiger partial charge in [0.25, 0.3) is 0 Å². The molecule has 2 aliphatic heterocycles. The van der Waals surface area contributed by atoms with E-state index in [0.717, 1.165) is 19.0 Å². The fourth-order valence-electron chi connectivity index (χ4n) is 4.55. The standard InChI is InChI=1S/C23H39N5.HI/c1-4-24-22(26-20(2)21-11-7-5-8-12-21)25-19-23(13-17-27(3)18-14-23)28-15-9-6-10-16-28;/h5,7-8,11-12,20H,4,6,9-10,13-19H2,1-3H3,(H2,24,25,26);1H. The summed E-state index contributed by atoms with van der Waals surface area (Å²) in [5.74, 6) is 0.939. The number of hydrogen-bond donors (Lipinski definition) is 2. The molecule has 1 aromatic carbocycles. The summed E-state index contributed by atoms with van der Waals surface area (Å²) >= 11 is 0. The van der Waals surface area contributed by atoms with Crippen molar-refractivity contribution >= 4 is 29.9 Å². The third kappa shape index (κ3) is 6.82. The van der Waals surface area contributed by atoms with Gasteiger partial charge < -0.3 is 15.5 Å². The van der Waals surface area contributed by atoms with Crippen molar-refractivity contribution in [3.63, 3.8) is 0 Å². The molecule has 0 spiro atoms. The van der Waals surface area contributed by atoms with Crippen LogP contribution in [0.25, 0.3) is 0 Å². The Morgan fingerprint density at radius 1 is 1.07 bits per heavy atom. The summed E-state index contributed by atoms with van der Waals surface area (Å²) in [6.07, 6.45) is 6.51. The third-order valence-electron chi connectivity index (χ3n) is 6.47. The fourth-order valence-corrected chi connectivity index (χ4v) is 4.55. The van der Waals surface area contributed by atoms with Gasteiger partial charge in [-0.25, -0.2) is 0 Å². The maximum atomic E-state index is 5.11. The second-order valence-corrected chi connectivity index (χ2v) is 8.55. The van der Waals surface area contributed by atoms with Gasteiger partial charge in [0.15, 0.2) is 5.96 Å². The lowest BCUT2D eigenvalue weighted by Gasteiger charge is -2.49. The molecule has 164 valence electrons. The molecule has 2 N–H and O–H groups in total. The number of hydrogen-bond acceptors (Lipinski definition) is 3. The smallest absolute Gasteiger partial charge is 0.191 e. The first-order chi connectivity index (χ1) is 13.6. The average molecular weight is 514 g/mol. The molecule has 5 nitrogen and oxygen atoms in total. The number of aliphatic imine (C=N–C) groups is 1. The first-order valence-electron chi connectivity index (χ1n) is 11.2. The summed E-state index contributed by atoms with van der Waals surface area (Å²) in [6.45, 7) is 10.9. The second-order valence-electron chi connectivity index (χ2n) is 8.55. The van der Waals surface area contributed by atoms with E-state index < -0.39 is 0 Å². The molecule has 1 aromatic rings. The summed E-state index contributed by atoms with van der Waals surface area (Å²) in [4.78, 5) is 10.3. The molecule has 2 saturated heterocycles. The molecule has 0 bridgehead atoms. The number of benzene rings is 1. The zero-order valence-electron chi connectivity index (χ0n) is 18.5. The monoisotopic (exact) mass is 513 g/mol. The maximum absolute atomic E-state index is 5.11. The van der Waals surface area contributed by atoms with Crippen LogP contribution in [-0.4, -0.2) is 67.6 Å². The van der Waals surface area contributed by atoms with Crippen molar-refractivity contribution in [1.82, 2.24) is 20.4 Å². The van der Waals surface area contributed by atoms with Crippen LogP contribution in [0, 0.1) is 0 Å². The van der Waals surface area contributed by atoms with Crippen molar-refractivity contribution in [2.45, 2.75) is 57.5 Å². The number of guanidine groups is 1. The Morgan fingerprint density at radius 3 is 2.34 bits per heavy atom. The Balaban J connectivity index is 0.00000300. The summed E-state index contributed by atoms with van der Waals surface area (Å²) < 4.78 is 0. The van der Waals surface area contributed by atoms with Gasteiger partial charge in [-0.05, 0) is 78.3 Å². The van der Waals surface area contributed by atoms with Crippen molar-refractivity contribution < 1.29 is 0 Å². The summed E-state index contributed by atoms with van der Waals surface area (Å²) in [7, 11) is 2.25. The van der Waals surface area contributed by atoms with Gasteiger partial charge in [-0.1, -0.05) is 36.8 Å². The van der Waals surface area contributed by atoms with Gasteiger partial charge in [-0.2, -0.15) is 0 Å². The molecular weight excluding hydrogens is 473 g/mol. The largest absolute Gasteiger partial charge is 0.357 e. The molecule has 3 rings (SSSR count). The van der Waals surface area contributed by atoms with Crippen molar-refractivity contribution in [3.8, 4) is 0 Å². The van der Waals surface area contributed by atoms with Gasteiger partial charge >= 0.3 is 0 Å². The normalized spacial score (nSPS) is 21.8. The Bertz CT molecular complexity index is 607. The number of likely N-dealkylation sites (tertiary alicyclic amines) is 2. The van der Waals surface area contributed by atoms with Crippen LogP contribution in [0.1, 0.15) is 57.6 Å². The van der Waals surface area contributed by atoms with E-state index >= 15 is 0 Å². The van der Waals surface area contributed by atoms with E-state index in [0.29, 0.717) is 0 Å².